The normalized spacial score (nSPS) is 21.9. The summed E-state index contributed by atoms with van der Waals surface area (Å²) in [5, 5.41) is 5.59. The fourth-order valence-electron chi connectivity index (χ4n) is 4.31. The number of nitrogens with one attached hydrogen (secondary N) is 1. The Morgan fingerprint density at radius 3 is 2.92 bits per heavy atom. The SMILES string of the molecule is Nc1cc2cc(-c3cc4n(c(=O)c3)C[C@@H]3CNC[C@H]4C3)ccc2cn1. The summed E-state index contributed by atoms with van der Waals surface area (Å²) in [4.78, 5) is 16.9. The van der Waals surface area contributed by atoms with Crippen LogP contribution in [0, 0.1) is 5.92 Å². The Balaban J connectivity index is 1.65. The van der Waals surface area contributed by atoms with Gasteiger partial charge in [0.1, 0.15) is 5.82 Å². The number of nitrogens with two attached hydrogens (primary N) is 1. The third-order valence-corrected chi connectivity index (χ3v) is 5.54. The number of anilines is 1. The van der Waals surface area contributed by atoms with E-state index in [0.717, 1.165) is 41.5 Å². The predicted octanol–water partition coefficient (Wildman–Crippen LogP) is 2.35. The molecule has 2 aliphatic rings. The molecular weight excluding hydrogens is 312 g/mol. The van der Waals surface area contributed by atoms with E-state index in [-0.39, 0.29) is 5.56 Å². The topological polar surface area (TPSA) is 72.9 Å². The first-order valence-corrected chi connectivity index (χ1v) is 8.78. The zero-order valence-corrected chi connectivity index (χ0v) is 13.9. The van der Waals surface area contributed by atoms with Crippen molar-refractivity contribution in [1.82, 2.24) is 14.9 Å². The summed E-state index contributed by atoms with van der Waals surface area (Å²) in [7, 11) is 0. The van der Waals surface area contributed by atoms with Crippen LogP contribution >= 0.6 is 0 Å². The van der Waals surface area contributed by atoms with Crippen molar-refractivity contribution < 1.29 is 0 Å². The Hall–Kier alpha value is -2.66. The first-order valence-electron chi connectivity index (χ1n) is 8.78. The van der Waals surface area contributed by atoms with Gasteiger partial charge in [-0.15, -0.1) is 0 Å². The molecule has 0 spiro atoms. The molecule has 0 aliphatic carbocycles. The number of nitrogens with zero attached hydrogens (tertiary/aromatic N) is 2. The fourth-order valence-corrected chi connectivity index (χ4v) is 4.31. The number of rotatable bonds is 1. The second kappa shape index (κ2) is 5.43. The van der Waals surface area contributed by atoms with Crippen LogP contribution in [0.3, 0.4) is 0 Å². The molecule has 0 saturated carbocycles. The molecule has 3 aromatic rings. The van der Waals surface area contributed by atoms with E-state index in [0.29, 0.717) is 17.7 Å². The van der Waals surface area contributed by atoms with Crippen LogP contribution in [0.1, 0.15) is 18.0 Å². The lowest BCUT2D eigenvalue weighted by Crippen LogP contribution is -2.44. The molecule has 1 aromatic carbocycles. The van der Waals surface area contributed by atoms with Crippen LogP contribution in [0.4, 0.5) is 5.82 Å². The van der Waals surface area contributed by atoms with Gasteiger partial charge in [0.2, 0.25) is 0 Å². The first kappa shape index (κ1) is 14.7. The van der Waals surface area contributed by atoms with E-state index in [2.05, 4.69) is 28.5 Å². The number of hydrogen-bond donors (Lipinski definition) is 2. The van der Waals surface area contributed by atoms with Crippen molar-refractivity contribution in [1.29, 1.82) is 0 Å². The van der Waals surface area contributed by atoms with Crippen LogP contribution < -0.4 is 16.6 Å². The molecule has 2 aliphatic heterocycles. The summed E-state index contributed by atoms with van der Waals surface area (Å²) >= 11 is 0. The molecule has 0 radical (unpaired) electrons. The van der Waals surface area contributed by atoms with Crippen molar-refractivity contribution >= 4 is 16.6 Å². The number of aromatic nitrogens is 2. The molecule has 2 bridgehead atoms. The van der Waals surface area contributed by atoms with Crippen LogP contribution in [0.15, 0.2) is 47.4 Å². The Bertz CT molecular complexity index is 1040. The Morgan fingerprint density at radius 1 is 1.08 bits per heavy atom. The lowest BCUT2D eigenvalue weighted by atomic mass is 9.83. The van der Waals surface area contributed by atoms with E-state index >= 15 is 0 Å². The van der Waals surface area contributed by atoms with Gasteiger partial charge in [0.25, 0.3) is 5.56 Å². The summed E-state index contributed by atoms with van der Waals surface area (Å²) in [5.41, 5.74) is 9.12. The second-order valence-corrected chi connectivity index (χ2v) is 7.25. The Kier molecular flexibility index (Phi) is 3.18. The van der Waals surface area contributed by atoms with Crippen molar-refractivity contribution in [2.75, 3.05) is 18.8 Å². The highest BCUT2D eigenvalue weighted by Gasteiger charge is 2.31. The van der Waals surface area contributed by atoms with Gasteiger partial charge in [0.05, 0.1) is 0 Å². The maximum Gasteiger partial charge on any atom is 0.251 e. The molecule has 5 heteroatoms. The van der Waals surface area contributed by atoms with E-state index in [1.165, 1.54) is 12.1 Å². The lowest BCUT2D eigenvalue weighted by Gasteiger charge is -2.37. The quantitative estimate of drug-likeness (QED) is 0.717. The highest BCUT2D eigenvalue weighted by atomic mass is 16.1. The number of piperidine rings is 1. The van der Waals surface area contributed by atoms with Crippen LogP contribution in [-0.2, 0) is 6.54 Å². The molecule has 3 N–H and O–H groups in total. The standard InChI is InChI=1S/C20H20N4O/c21-19-6-15-4-13(1-2-14(15)10-23-19)16-5-18-17-3-12(8-22-9-17)11-24(18)20(25)7-16/h1-2,4-7,10,12,17,22H,3,8-9,11H2,(H2,21,23)/t12-,17+/m0/s1. The maximum atomic E-state index is 12.7. The zero-order chi connectivity index (χ0) is 17.0. The van der Waals surface area contributed by atoms with Gasteiger partial charge in [-0.3, -0.25) is 4.79 Å². The third kappa shape index (κ3) is 2.43. The van der Waals surface area contributed by atoms with Crippen molar-refractivity contribution in [3.63, 3.8) is 0 Å². The number of fused-ring (bicyclic) bond motifs is 5. The van der Waals surface area contributed by atoms with Crippen molar-refractivity contribution in [2.45, 2.75) is 18.9 Å². The molecule has 0 unspecified atom stereocenters. The van der Waals surface area contributed by atoms with Crippen molar-refractivity contribution in [3.05, 3.63) is 58.6 Å². The molecular formula is C20H20N4O. The molecule has 0 amide bonds. The molecule has 2 atom stereocenters. The summed E-state index contributed by atoms with van der Waals surface area (Å²) in [6.07, 6.45) is 2.96. The smallest absolute Gasteiger partial charge is 0.251 e. The largest absolute Gasteiger partial charge is 0.384 e. The van der Waals surface area contributed by atoms with Gasteiger partial charge in [-0.2, -0.15) is 0 Å². The van der Waals surface area contributed by atoms with Gasteiger partial charge in [-0.05, 0) is 53.6 Å². The summed E-state index contributed by atoms with van der Waals surface area (Å²) in [5.74, 6) is 1.51. The Morgan fingerprint density at radius 2 is 2.00 bits per heavy atom. The van der Waals surface area contributed by atoms with Crippen LogP contribution in [0.2, 0.25) is 0 Å². The molecule has 5 nitrogen and oxygen atoms in total. The summed E-state index contributed by atoms with van der Waals surface area (Å²) in [6, 6.07) is 12.0. The number of pyridine rings is 2. The molecule has 5 rings (SSSR count). The van der Waals surface area contributed by atoms with Gasteiger partial charge < -0.3 is 15.6 Å². The lowest BCUT2D eigenvalue weighted by molar-refractivity contribution is 0.257. The average Bonchev–Trinajstić information content (AvgIpc) is 2.62. The molecule has 2 aromatic heterocycles. The van der Waals surface area contributed by atoms with E-state index in [1.807, 2.05) is 16.7 Å². The minimum atomic E-state index is 0.110. The highest BCUT2D eigenvalue weighted by Crippen LogP contribution is 2.34. The maximum absolute atomic E-state index is 12.7. The summed E-state index contributed by atoms with van der Waals surface area (Å²) in [6.45, 7) is 2.81. The Labute approximate surface area is 145 Å². The minimum absolute atomic E-state index is 0.110. The number of nitrogen functional groups attached to an aromatic ring is 1. The van der Waals surface area contributed by atoms with Gasteiger partial charge in [0, 0.05) is 42.4 Å². The van der Waals surface area contributed by atoms with Gasteiger partial charge in [0.15, 0.2) is 0 Å². The van der Waals surface area contributed by atoms with E-state index < -0.39 is 0 Å². The van der Waals surface area contributed by atoms with Crippen molar-refractivity contribution in [2.24, 2.45) is 5.92 Å². The van der Waals surface area contributed by atoms with E-state index in [4.69, 9.17) is 5.73 Å². The first-order chi connectivity index (χ1) is 12.2. The van der Waals surface area contributed by atoms with Gasteiger partial charge in [-0.25, -0.2) is 4.98 Å². The van der Waals surface area contributed by atoms with Crippen LogP contribution in [-0.4, -0.2) is 22.6 Å². The van der Waals surface area contributed by atoms with E-state index in [1.54, 1.807) is 12.3 Å². The van der Waals surface area contributed by atoms with Crippen molar-refractivity contribution in [3.8, 4) is 11.1 Å². The fraction of sp³-hybridized carbons (Fsp3) is 0.300. The predicted molar refractivity (Wildman–Crippen MR) is 99.6 cm³/mol. The third-order valence-electron chi connectivity index (χ3n) is 5.54. The van der Waals surface area contributed by atoms with Crippen LogP contribution in [0.5, 0.6) is 0 Å². The molecule has 4 heterocycles. The number of benzene rings is 1. The second-order valence-electron chi connectivity index (χ2n) is 7.25. The van der Waals surface area contributed by atoms with E-state index in [9.17, 15) is 4.79 Å². The van der Waals surface area contributed by atoms with Crippen LogP contribution in [0.25, 0.3) is 21.9 Å². The molecule has 25 heavy (non-hydrogen) atoms. The van der Waals surface area contributed by atoms with Gasteiger partial charge in [-0.1, -0.05) is 12.1 Å². The molecule has 1 fully saturated rings. The zero-order valence-electron chi connectivity index (χ0n) is 13.9. The average molecular weight is 332 g/mol. The number of hydrogen-bond acceptors (Lipinski definition) is 4. The van der Waals surface area contributed by atoms with Gasteiger partial charge >= 0.3 is 0 Å². The highest BCUT2D eigenvalue weighted by molar-refractivity contribution is 5.88. The minimum Gasteiger partial charge on any atom is -0.384 e. The summed E-state index contributed by atoms with van der Waals surface area (Å²) < 4.78 is 1.98. The molecule has 1 saturated heterocycles. The monoisotopic (exact) mass is 332 g/mol. The molecule has 126 valence electrons.